The molecule has 0 fully saturated rings. The lowest BCUT2D eigenvalue weighted by Crippen LogP contribution is -2.13. The highest BCUT2D eigenvalue weighted by Crippen LogP contribution is 2.30. The Kier molecular flexibility index (Phi) is 7.73. The van der Waals surface area contributed by atoms with Gasteiger partial charge >= 0.3 is 5.97 Å². The molecule has 10 heteroatoms. The van der Waals surface area contributed by atoms with Crippen molar-refractivity contribution in [3.63, 3.8) is 0 Å². The zero-order valence-electron chi connectivity index (χ0n) is 17.9. The zero-order chi connectivity index (χ0) is 23.8. The molecule has 168 valence electrons. The highest BCUT2D eigenvalue weighted by Gasteiger charge is 2.14. The summed E-state index contributed by atoms with van der Waals surface area (Å²) in [4.78, 5) is 23.4. The molecule has 2 N–H and O–H groups in total. The normalized spacial score (nSPS) is 10.9. The summed E-state index contributed by atoms with van der Waals surface area (Å²) in [6.07, 6.45) is 2.14. The first-order chi connectivity index (χ1) is 15.9. The van der Waals surface area contributed by atoms with Crippen molar-refractivity contribution in [3.05, 3.63) is 69.7 Å². The average molecular weight is 465 g/mol. The van der Waals surface area contributed by atoms with Crippen LogP contribution < -0.4 is 14.8 Å². The van der Waals surface area contributed by atoms with Gasteiger partial charge in [-0.3, -0.25) is 10.1 Å². The number of ether oxygens (including phenoxy) is 2. The molecular weight excluding hydrogens is 444 g/mol. The van der Waals surface area contributed by atoms with E-state index in [-0.39, 0.29) is 17.7 Å². The minimum absolute atomic E-state index is 0.0995. The average Bonchev–Trinajstić information content (AvgIpc) is 3.29. The molecule has 9 nitrogen and oxygen atoms in total. The number of amides is 1. The van der Waals surface area contributed by atoms with Crippen LogP contribution in [0.2, 0.25) is 0 Å². The van der Waals surface area contributed by atoms with E-state index in [2.05, 4.69) is 15.5 Å². The molecule has 1 amide bonds. The van der Waals surface area contributed by atoms with Gasteiger partial charge in [-0.05, 0) is 47.9 Å². The van der Waals surface area contributed by atoms with E-state index in [1.165, 1.54) is 36.7 Å². The Morgan fingerprint density at radius 3 is 2.55 bits per heavy atom. The molecule has 0 radical (unpaired) electrons. The minimum atomic E-state index is -0.993. The molecule has 33 heavy (non-hydrogen) atoms. The topological polar surface area (TPSA) is 134 Å². The summed E-state index contributed by atoms with van der Waals surface area (Å²) in [6.45, 7) is 2.14. The van der Waals surface area contributed by atoms with Gasteiger partial charge in [0, 0.05) is 0 Å². The quantitative estimate of drug-likeness (QED) is 0.359. The maximum absolute atomic E-state index is 12.4. The van der Waals surface area contributed by atoms with Gasteiger partial charge in [-0.15, -0.1) is 10.2 Å². The van der Waals surface area contributed by atoms with Crippen LogP contribution in [0.3, 0.4) is 0 Å². The van der Waals surface area contributed by atoms with Crippen molar-refractivity contribution in [2.75, 3.05) is 12.4 Å². The number of hydrogen-bond donors (Lipinski definition) is 2. The number of nitriles is 1. The van der Waals surface area contributed by atoms with Gasteiger partial charge in [0.1, 0.15) is 23.3 Å². The van der Waals surface area contributed by atoms with Crippen LogP contribution in [0.1, 0.15) is 33.4 Å². The van der Waals surface area contributed by atoms with Crippen LogP contribution in [0.25, 0.3) is 6.08 Å². The zero-order valence-corrected chi connectivity index (χ0v) is 18.7. The number of aryl methyl sites for hydroxylation is 1. The fourth-order valence-electron chi connectivity index (χ4n) is 2.72. The third-order valence-electron chi connectivity index (χ3n) is 4.45. The van der Waals surface area contributed by atoms with Gasteiger partial charge in [-0.1, -0.05) is 36.5 Å². The first-order valence-electron chi connectivity index (χ1n) is 9.82. The van der Waals surface area contributed by atoms with E-state index >= 15 is 0 Å². The second kappa shape index (κ2) is 10.9. The molecule has 0 saturated carbocycles. The molecular formula is C23H20N4O5S. The van der Waals surface area contributed by atoms with Crippen molar-refractivity contribution in [1.82, 2.24) is 10.2 Å². The molecule has 2 aromatic carbocycles. The molecule has 0 aliphatic carbocycles. The van der Waals surface area contributed by atoms with Gasteiger partial charge in [0.05, 0.1) is 12.7 Å². The molecule has 0 aliphatic heterocycles. The number of methoxy groups -OCH3 is 1. The first-order valence-corrected chi connectivity index (χ1v) is 10.6. The lowest BCUT2D eigenvalue weighted by molar-refractivity contribution is -0.112. The van der Waals surface area contributed by atoms with E-state index in [0.29, 0.717) is 28.6 Å². The number of carboxylic acids is 1. The maximum atomic E-state index is 12.4. The predicted molar refractivity (Wildman–Crippen MR) is 122 cm³/mol. The second-order valence-electron chi connectivity index (χ2n) is 6.68. The number of aromatic carboxylic acids is 1. The van der Waals surface area contributed by atoms with Crippen molar-refractivity contribution in [2.24, 2.45) is 0 Å². The molecule has 0 spiro atoms. The highest BCUT2D eigenvalue weighted by atomic mass is 32.1. The van der Waals surface area contributed by atoms with Crippen LogP contribution in [-0.2, 0) is 17.8 Å². The summed E-state index contributed by atoms with van der Waals surface area (Å²) in [5, 5.41) is 29.9. The number of nitrogens with one attached hydrogen (secondary N) is 1. The minimum Gasteiger partial charge on any atom is -0.493 e. The van der Waals surface area contributed by atoms with Crippen molar-refractivity contribution in [1.29, 1.82) is 5.26 Å². The summed E-state index contributed by atoms with van der Waals surface area (Å²) in [6, 6.07) is 13.3. The van der Waals surface area contributed by atoms with Crippen LogP contribution >= 0.6 is 11.3 Å². The molecule has 0 aliphatic rings. The van der Waals surface area contributed by atoms with Gasteiger partial charge in [0.25, 0.3) is 5.91 Å². The standard InChI is InChI=1S/C23H20N4O5S/c1-3-20-26-27-23(33-20)25-21(28)17(12-24)10-15-6-9-18(19(11-15)31-2)32-13-14-4-7-16(8-5-14)22(29)30/h4-11H,3,13H2,1-2H3,(H,29,30)(H,25,27,28)/b17-10+. The Hall–Kier alpha value is -4.23. The van der Waals surface area contributed by atoms with Crippen molar-refractivity contribution in [3.8, 4) is 17.6 Å². The summed E-state index contributed by atoms with van der Waals surface area (Å²) in [7, 11) is 1.48. The molecule has 3 rings (SSSR count). The first kappa shape index (κ1) is 23.4. The number of nitrogens with zero attached hydrogens (tertiary/aromatic N) is 3. The van der Waals surface area contributed by atoms with E-state index in [1.54, 1.807) is 30.3 Å². The Morgan fingerprint density at radius 1 is 1.18 bits per heavy atom. The number of aromatic nitrogens is 2. The maximum Gasteiger partial charge on any atom is 0.335 e. The Bertz CT molecular complexity index is 1230. The molecule has 1 aromatic heterocycles. The van der Waals surface area contributed by atoms with Crippen molar-refractivity contribution in [2.45, 2.75) is 20.0 Å². The summed E-state index contributed by atoms with van der Waals surface area (Å²) in [5.41, 5.74) is 1.46. The fourth-order valence-corrected chi connectivity index (χ4v) is 3.40. The van der Waals surface area contributed by atoms with Gasteiger partial charge in [-0.2, -0.15) is 5.26 Å². The van der Waals surface area contributed by atoms with Crippen LogP contribution in [0.4, 0.5) is 5.13 Å². The smallest absolute Gasteiger partial charge is 0.335 e. The monoisotopic (exact) mass is 464 g/mol. The number of carboxylic acid groups (broad SMARTS) is 1. The molecule has 0 unspecified atom stereocenters. The predicted octanol–water partition coefficient (Wildman–Crippen LogP) is 3.93. The van der Waals surface area contributed by atoms with Crippen LogP contribution in [0.15, 0.2) is 48.0 Å². The number of rotatable bonds is 9. The fraction of sp³-hybridized carbons (Fsp3) is 0.174. The van der Waals surface area contributed by atoms with Crippen LogP contribution in [0.5, 0.6) is 11.5 Å². The Balaban J connectivity index is 1.71. The van der Waals surface area contributed by atoms with E-state index < -0.39 is 11.9 Å². The van der Waals surface area contributed by atoms with Gasteiger partial charge in [0.15, 0.2) is 11.5 Å². The largest absolute Gasteiger partial charge is 0.493 e. The number of benzene rings is 2. The number of hydrogen-bond acceptors (Lipinski definition) is 8. The number of carbonyl (C=O) groups excluding carboxylic acids is 1. The van der Waals surface area contributed by atoms with Gasteiger partial charge in [-0.25, -0.2) is 4.79 Å². The van der Waals surface area contributed by atoms with E-state index in [1.807, 2.05) is 13.0 Å². The van der Waals surface area contributed by atoms with Crippen LogP contribution in [-0.4, -0.2) is 34.3 Å². The van der Waals surface area contributed by atoms with Gasteiger partial charge in [0.2, 0.25) is 5.13 Å². The van der Waals surface area contributed by atoms with Crippen molar-refractivity contribution < 1.29 is 24.2 Å². The lowest BCUT2D eigenvalue weighted by atomic mass is 10.1. The Labute approximate surface area is 193 Å². The lowest BCUT2D eigenvalue weighted by Gasteiger charge is -2.12. The number of anilines is 1. The van der Waals surface area contributed by atoms with Gasteiger partial charge < -0.3 is 14.6 Å². The molecule has 0 saturated heterocycles. The third-order valence-corrected chi connectivity index (χ3v) is 5.43. The summed E-state index contributed by atoms with van der Waals surface area (Å²) in [5.74, 6) is -0.700. The third kappa shape index (κ3) is 6.15. The summed E-state index contributed by atoms with van der Waals surface area (Å²) >= 11 is 1.25. The second-order valence-corrected chi connectivity index (χ2v) is 7.74. The van der Waals surface area contributed by atoms with Crippen LogP contribution in [0, 0.1) is 11.3 Å². The Morgan fingerprint density at radius 2 is 1.94 bits per heavy atom. The molecule has 0 atom stereocenters. The van der Waals surface area contributed by atoms with Crippen molar-refractivity contribution >= 4 is 34.4 Å². The SMILES string of the molecule is CCc1nnc(NC(=O)/C(C#N)=C/c2ccc(OCc3ccc(C(=O)O)cc3)c(OC)c2)s1. The van der Waals surface area contributed by atoms with E-state index in [4.69, 9.17) is 14.6 Å². The highest BCUT2D eigenvalue weighted by molar-refractivity contribution is 7.15. The molecule has 1 heterocycles. The summed E-state index contributed by atoms with van der Waals surface area (Å²) < 4.78 is 11.2. The molecule has 0 bridgehead atoms. The molecule has 3 aromatic rings. The van der Waals surface area contributed by atoms with E-state index in [9.17, 15) is 14.9 Å². The number of carbonyl (C=O) groups is 2. The van der Waals surface area contributed by atoms with E-state index in [0.717, 1.165) is 10.6 Å².